The van der Waals surface area contributed by atoms with Gasteiger partial charge in [0.1, 0.15) is 4.88 Å². The van der Waals surface area contributed by atoms with Crippen LogP contribution in [0.3, 0.4) is 0 Å². The molecule has 5 nitrogen and oxygen atoms in total. The second-order valence-corrected chi connectivity index (χ2v) is 5.75. The van der Waals surface area contributed by atoms with Gasteiger partial charge in [-0.1, -0.05) is 18.2 Å². The molecule has 0 bridgehead atoms. The fourth-order valence-corrected chi connectivity index (χ4v) is 2.56. The molecule has 1 heterocycles. The summed E-state index contributed by atoms with van der Waals surface area (Å²) in [6, 6.07) is 9.02. The van der Waals surface area contributed by atoms with E-state index in [2.05, 4.69) is 10.3 Å². The highest BCUT2D eigenvalue weighted by molar-refractivity contribution is 7.13. The zero-order valence-corrected chi connectivity index (χ0v) is 12.9. The van der Waals surface area contributed by atoms with Crippen LogP contribution in [0.5, 0.6) is 0 Å². The number of carbonyl (C=O) groups is 2. The maximum Gasteiger partial charge on any atom is 0.351 e. The Kier molecular flexibility index (Phi) is 4.70. The summed E-state index contributed by atoms with van der Waals surface area (Å²) in [6.45, 7) is 5.11. The minimum absolute atomic E-state index is 0.367. The highest BCUT2D eigenvalue weighted by Gasteiger charge is 2.22. The largest absolute Gasteiger partial charge is 0.448 e. The summed E-state index contributed by atoms with van der Waals surface area (Å²) >= 11 is 1.26. The number of nitrogens with one attached hydrogen (secondary N) is 1. The van der Waals surface area contributed by atoms with Crippen molar-refractivity contribution in [2.24, 2.45) is 0 Å². The Hall–Kier alpha value is -2.21. The first kappa shape index (κ1) is 15.2. The predicted octanol–water partition coefficient (Wildman–Crippen LogP) is 2.94. The smallest absolute Gasteiger partial charge is 0.351 e. The summed E-state index contributed by atoms with van der Waals surface area (Å²) in [5.41, 5.74) is 1.29. The van der Waals surface area contributed by atoms with Crippen LogP contribution in [-0.4, -0.2) is 23.0 Å². The maximum absolute atomic E-state index is 12.0. The molecule has 0 aliphatic heterocycles. The Morgan fingerprint density at radius 1 is 1.24 bits per heavy atom. The highest BCUT2D eigenvalue weighted by atomic mass is 32.1. The van der Waals surface area contributed by atoms with Crippen LogP contribution in [0.4, 0.5) is 5.69 Å². The van der Waals surface area contributed by atoms with Crippen molar-refractivity contribution >= 4 is 28.9 Å². The van der Waals surface area contributed by atoms with E-state index < -0.39 is 12.1 Å². The first-order valence-corrected chi connectivity index (χ1v) is 7.30. The topological polar surface area (TPSA) is 68.3 Å². The lowest BCUT2D eigenvalue weighted by molar-refractivity contribution is -0.123. The average Bonchev–Trinajstić information content (AvgIpc) is 2.78. The molecule has 1 aromatic heterocycles. The number of aromatic nitrogens is 1. The molecule has 0 saturated heterocycles. The van der Waals surface area contributed by atoms with Crippen LogP contribution >= 0.6 is 11.3 Å². The molecule has 0 aliphatic carbocycles. The summed E-state index contributed by atoms with van der Waals surface area (Å²) in [6.07, 6.45) is -0.875. The lowest BCUT2D eigenvalue weighted by Gasteiger charge is -2.13. The van der Waals surface area contributed by atoms with Gasteiger partial charge < -0.3 is 10.1 Å². The number of nitrogens with zero attached hydrogens (tertiary/aromatic N) is 1. The summed E-state index contributed by atoms with van der Waals surface area (Å²) in [7, 11) is 0. The van der Waals surface area contributed by atoms with Crippen LogP contribution in [0.1, 0.15) is 27.3 Å². The predicted molar refractivity (Wildman–Crippen MR) is 81.5 cm³/mol. The van der Waals surface area contributed by atoms with Gasteiger partial charge in [0.25, 0.3) is 5.91 Å². The van der Waals surface area contributed by atoms with E-state index in [4.69, 9.17) is 4.74 Å². The fraction of sp³-hybridized carbons (Fsp3) is 0.267. The second kappa shape index (κ2) is 6.49. The zero-order chi connectivity index (χ0) is 15.4. The quantitative estimate of drug-likeness (QED) is 0.882. The molecule has 0 aliphatic rings. The molecule has 1 aromatic carbocycles. The van der Waals surface area contributed by atoms with Gasteiger partial charge in [0, 0.05) is 5.69 Å². The molecule has 0 spiro atoms. The SMILES string of the molecule is Cc1nc(C)c(C(=O)O[C@@H](C)C(=O)Nc2ccccc2)s1. The van der Waals surface area contributed by atoms with Gasteiger partial charge in [0.05, 0.1) is 10.7 Å². The third-order valence-electron chi connectivity index (χ3n) is 2.78. The van der Waals surface area contributed by atoms with Gasteiger partial charge in [-0.15, -0.1) is 11.3 Å². The molecule has 2 aromatic rings. The standard InChI is InChI=1S/C15H16N2O3S/c1-9-13(21-11(3)16-9)15(19)20-10(2)14(18)17-12-7-5-4-6-8-12/h4-8,10H,1-3H3,(H,17,18)/t10-/m0/s1. The van der Waals surface area contributed by atoms with E-state index in [0.717, 1.165) is 5.01 Å². The number of amides is 1. The zero-order valence-electron chi connectivity index (χ0n) is 12.0. The van der Waals surface area contributed by atoms with E-state index in [-0.39, 0.29) is 5.91 Å². The molecule has 0 saturated carbocycles. The van der Waals surface area contributed by atoms with Gasteiger partial charge in [0.15, 0.2) is 6.10 Å². The van der Waals surface area contributed by atoms with E-state index in [9.17, 15) is 9.59 Å². The number of ether oxygens (including phenoxy) is 1. The van der Waals surface area contributed by atoms with E-state index in [1.165, 1.54) is 11.3 Å². The highest BCUT2D eigenvalue weighted by Crippen LogP contribution is 2.19. The Morgan fingerprint density at radius 2 is 1.90 bits per heavy atom. The molecule has 2 rings (SSSR count). The van der Waals surface area contributed by atoms with Gasteiger partial charge in [-0.3, -0.25) is 4.79 Å². The fourth-order valence-electron chi connectivity index (χ4n) is 1.75. The molecular weight excluding hydrogens is 288 g/mol. The van der Waals surface area contributed by atoms with Crippen LogP contribution < -0.4 is 5.32 Å². The van der Waals surface area contributed by atoms with Crippen molar-refractivity contribution in [1.29, 1.82) is 0 Å². The molecule has 21 heavy (non-hydrogen) atoms. The van der Waals surface area contributed by atoms with Crippen molar-refractivity contribution in [3.8, 4) is 0 Å². The normalized spacial score (nSPS) is 11.8. The van der Waals surface area contributed by atoms with E-state index >= 15 is 0 Å². The Bertz CT molecular complexity index is 652. The average molecular weight is 304 g/mol. The van der Waals surface area contributed by atoms with Gasteiger partial charge >= 0.3 is 5.97 Å². The minimum atomic E-state index is -0.875. The number of esters is 1. The Balaban J connectivity index is 1.97. The summed E-state index contributed by atoms with van der Waals surface area (Å²) < 4.78 is 5.18. The third-order valence-corrected chi connectivity index (χ3v) is 3.84. The molecule has 0 fully saturated rings. The first-order valence-electron chi connectivity index (χ1n) is 6.48. The van der Waals surface area contributed by atoms with Gasteiger partial charge in [-0.25, -0.2) is 9.78 Å². The Morgan fingerprint density at radius 3 is 2.48 bits per heavy atom. The second-order valence-electron chi connectivity index (χ2n) is 4.55. The maximum atomic E-state index is 12.0. The van der Waals surface area contributed by atoms with Crippen LogP contribution in [0.15, 0.2) is 30.3 Å². The molecule has 6 heteroatoms. The summed E-state index contributed by atoms with van der Waals surface area (Å²) in [4.78, 5) is 28.6. The number of hydrogen-bond donors (Lipinski definition) is 1. The number of para-hydroxylation sites is 1. The molecule has 1 atom stereocenters. The van der Waals surface area contributed by atoms with Gasteiger partial charge in [0.2, 0.25) is 0 Å². The number of carbonyl (C=O) groups excluding carboxylic acids is 2. The molecule has 0 radical (unpaired) electrons. The third kappa shape index (κ3) is 3.88. The van der Waals surface area contributed by atoms with Crippen molar-refractivity contribution < 1.29 is 14.3 Å². The number of thiazole rings is 1. The van der Waals surface area contributed by atoms with Crippen molar-refractivity contribution in [2.75, 3.05) is 5.32 Å². The summed E-state index contributed by atoms with van der Waals surface area (Å²) in [5.74, 6) is -0.887. The van der Waals surface area contributed by atoms with Crippen LogP contribution in [-0.2, 0) is 9.53 Å². The molecular formula is C15H16N2O3S. The minimum Gasteiger partial charge on any atom is -0.448 e. The number of anilines is 1. The molecule has 1 N–H and O–H groups in total. The number of benzene rings is 1. The monoisotopic (exact) mass is 304 g/mol. The number of rotatable bonds is 4. The Labute approximate surface area is 127 Å². The van der Waals surface area contributed by atoms with Crippen LogP contribution in [0.25, 0.3) is 0 Å². The summed E-state index contributed by atoms with van der Waals surface area (Å²) in [5, 5.41) is 3.48. The molecule has 1 amide bonds. The van der Waals surface area contributed by atoms with Gasteiger partial charge in [-0.05, 0) is 32.9 Å². The van der Waals surface area contributed by atoms with E-state index in [1.807, 2.05) is 25.1 Å². The van der Waals surface area contributed by atoms with Gasteiger partial charge in [-0.2, -0.15) is 0 Å². The first-order chi connectivity index (χ1) is 9.97. The number of hydrogen-bond acceptors (Lipinski definition) is 5. The van der Waals surface area contributed by atoms with Crippen molar-refractivity contribution in [3.05, 3.63) is 45.9 Å². The number of aryl methyl sites for hydroxylation is 2. The van der Waals surface area contributed by atoms with E-state index in [0.29, 0.717) is 16.3 Å². The van der Waals surface area contributed by atoms with Crippen LogP contribution in [0.2, 0.25) is 0 Å². The van der Waals surface area contributed by atoms with E-state index in [1.54, 1.807) is 26.0 Å². The lowest BCUT2D eigenvalue weighted by Crippen LogP contribution is -2.29. The van der Waals surface area contributed by atoms with Crippen molar-refractivity contribution in [3.63, 3.8) is 0 Å². The lowest BCUT2D eigenvalue weighted by atomic mass is 10.3. The van der Waals surface area contributed by atoms with Crippen molar-refractivity contribution in [1.82, 2.24) is 4.98 Å². The van der Waals surface area contributed by atoms with Crippen molar-refractivity contribution in [2.45, 2.75) is 26.9 Å². The van der Waals surface area contributed by atoms with Crippen LogP contribution in [0, 0.1) is 13.8 Å². The molecule has 0 unspecified atom stereocenters. The molecule has 110 valence electrons.